The first kappa shape index (κ1) is 11.5. The van der Waals surface area contributed by atoms with Crippen LogP contribution in [0.15, 0.2) is 50.1 Å². The summed E-state index contributed by atoms with van der Waals surface area (Å²) in [6, 6.07) is 7.96. The molecule has 0 aliphatic carbocycles. The molecule has 0 N–H and O–H groups in total. The zero-order valence-corrected chi connectivity index (χ0v) is 8.12. The molecule has 0 bridgehead atoms. The van der Waals surface area contributed by atoms with Gasteiger partial charge < -0.3 is 4.74 Å². The lowest BCUT2D eigenvalue weighted by atomic mass is 10.1. The van der Waals surface area contributed by atoms with Gasteiger partial charge in [-0.2, -0.15) is 0 Å². The highest BCUT2D eigenvalue weighted by molar-refractivity contribution is 5.34. The van der Waals surface area contributed by atoms with Crippen molar-refractivity contribution >= 4 is 0 Å². The van der Waals surface area contributed by atoms with Crippen molar-refractivity contribution in [3.8, 4) is 5.75 Å². The number of para-hydroxylation sites is 1. The Morgan fingerprint density at radius 2 is 1.92 bits per heavy atom. The maximum Gasteiger partial charge on any atom is 0.122 e. The summed E-state index contributed by atoms with van der Waals surface area (Å²) in [6.07, 6.45) is 2.74. The molecule has 0 fully saturated rings. The van der Waals surface area contributed by atoms with Crippen LogP contribution in [0.2, 0.25) is 0 Å². The third-order valence-corrected chi connectivity index (χ3v) is 1.56. The molecule has 1 aromatic rings. The normalized spacial score (nSPS) is 8.08. The number of allylic oxidation sites excluding steroid dienone is 1. The molecule has 70 valence electrons. The topological polar surface area (TPSA) is 9.23 Å². The fourth-order valence-electron chi connectivity index (χ4n) is 1.03. The van der Waals surface area contributed by atoms with E-state index in [1.165, 1.54) is 5.56 Å². The summed E-state index contributed by atoms with van der Waals surface area (Å²) in [5.41, 5.74) is 1.19. The molecule has 0 amide bonds. The number of hydrogen-bond acceptors (Lipinski definition) is 1. The van der Waals surface area contributed by atoms with Crippen molar-refractivity contribution in [3.63, 3.8) is 0 Å². The Morgan fingerprint density at radius 3 is 2.46 bits per heavy atom. The maximum absolute atomic E-state index is 5.15. The average molecular weight is 176 g/mol. The van der Waals surface area contributed by atoms with Crippen molar-refractivity contribution in [2.45, 2.75) is 6.42 Å². The van der Waals surface area contributed by atoms with Crippen molar-refractivity contribution in [2.24, 2.45) is 0 Å². The molecule has 0 unspecified atom stereocenters. The van der Waals surface area contributed by atoms with Crippen LogP contribution < -0.4 is 4.74 Å². The lowest BCUT2D eigenvalue weighted by Crippen LogP contribution is -1.88. The highest BCUT2D eigenvalue weighted by Gasteiger charge is 1.96. The second kappa shape index (κ2) is 7.17. The Morgan fingerprint density at radius 1 is 1.31 bits per heavy atom. The van der Waals surface area contributed by atoms with Crippen LogP contribution in [0.25, 0.3) is 0 Å². The van der Waals surface area contributed by atoms with Gasteiger partial charge in [0.15, 0.2) is 0 Å². The molecule has 13 heavy (non-hydrogen) atoms. The zero-order valence-electron chi connectivity index (χ0n) is 8.12. The highest BCUT2D eigenvalue weighted by atomic mass is 16.5. The molecule has 0 atom stereocenters. The largest absolute Gasteiger partial charge is 0.496 e. The van der Waals surface area contributed by atoms with Crippen LogP contribution in [-0.4, -0.2) is 7.11 Å². The van der Waals surface area contributed by atoms with E-state index in [-0.39, 0.29) is 0 Å². The van der Waals surface area contributed by atoms with Gasteiger partial charge in [-0.1, -0.05) is 24.3 Å². The zero-order chi connectivity index (χ0) is 10.1. The van der Waals surface area contributed by atoms with E-state index in [1.807, 2.05) is 30.3 Å². The fourth-order valence-corrected chi connectivity index (χ4v) is 1.03. The third-order valence-electron chi connectivity index (χ3n) is 1.56. The van der Waals surface area contributed by atoms with Gasteiger partial charge in [-0.05, 0) is 18.1 Å². The van der Waals surface area contributed by atoms with Crippen molar-refractivity contribution in [1.29, 1.82) is 0 Å². The first-order valence-electron chi connectivity index (χ1n) is 4.11. The molecule has 0 aliphatic heterocycles. The summed E-state index contributed by atoms with van der Waals surface area (Å²) in [6.45, 7) is 9.68. The predicted molar refractivity (Wildman–Crippen MR) is 58.1 cm³/mol. The minimum atomic E-state index is 0.865. The minimum absolute atomic E-state index is 0.865. The van der Waals surface area contributed by atoms with E-state index in [0.717, 1.165) is 12.2 Å². The molecule has 1 heteroatoms. The molecule has 0 saturated carbocycles. The smallest absolute Gasteiger partial charge is 0.122 e. The molecule has 1 nitrogen and oxygen atoms in total. The van der Waals surface area contributed by atoms with Gasteiger partial charge in [0, 0.05) is 0 Å². The van der Waals surface area contributed by atoms with Crippen LogP contribution in [0, 0.1) is 0 Å². The van der Waals surface area contributed by atoms with Crippen molar-refractivity contribution in [2.75, 3.05) is 7.11 Å². The Kier molecular flexibility index (Phi) is 6.34. The number of benzene rings is 1. The first-order valence-corrected chi connectivity index (χ1v) is 4.11. The second-order valence-electron chi connectivity index (χ2n) is 2.30. The Bertz CT molecular complexity index is 253. The Hall–Kier alpha value is -1.50. The summed E-state index contributed by atoms with van der Waals surface area (Å²) in [7, 11) is 1.68. The van der Waals surface area contributed by atoms with Crippen LogP contribution in [-0.2, 0) is 6.42 Å². The monoisotopic (exact) mass is 176 g/mol. The Balaban J connectivity index is 0.000000671. The van der Waals surface area contributed by atoms with E-state index in [2.05, 4.69) is 19.7 Å². The summed E-state index contributed by atoms with van der Waals surface area (Å²) in [4.78, 5) is 0. The van der Waals surface area contributed by atoms with Gasteiger partial charge in [0.05, 0.1) is 7.11 Å². The molecule has 0 heterocycles. The minimum Gasteiger partial charge on any atom is -0.496 e. The van der Waals surface area contributed by atoms with Gasteiger partial charge in [0.1, 0.15) is 5.75 Å². The van der Waals surface area contributed by atoms with E-state index in [9.17, 15) is 0 Å². The molecule has 1 aromatic carbocycles. The average Bonchev–Trinajstić information content (AvgIpc) is 2.22. The molecular formula is C12H16O. The molecular weight excluding hydrogens is 160 g/mol. The summed E-state index contributed by atoms with van der Waals surface area (Å²) in [5.74, 6) is 0.937. The van der Waals surface area contributed by atoms with Gasteiger partial charge >= 0.3 is 0 Å². The van der Waals surface area contributed by atoms with E-state index < -0.39 is 0 Å². The predicted octanol–water partition coefficient (Wildman–Crippen LogP) is 3.23. The number of hydrogen-bond donors (Lipinski definition) is 0. The molecule has 0 saturated heterocycles. The van der Waals surface area contributed by atoms with Gasteiger partial charge in [-0.25, -0.2) is 0 Å². The molecule has 0 aliphatic rings. The highest BCUT2D eigenvalue weighted by Crippen LogP contribution is 2.17. The quantitative estimate of drug-likeness (QED) is 0.642. The molecule has 0 radical (unpaired) electrons. The van der Waals surface area contributed by atoms with Crippen molar-refractivity contribution < 1.29 is 4.74 Å². The Labute approximate surface area is 80.4 Å². The first-order chi connectivity index (χ1) is 6.38. The number of methoxy groups -OCH3 is 1. The van der Waals surface area contributed by atoms with Crippen LogP contribution >= 0.6 is 0 Å². The number of rotatable bonds is 3. The van der Waals surface area contributed by atoms with Crippen LogP contribution in [0.5, 0.6) is 5.75 Å². The summed E-state index contributed by atoms with van der Waals surface area (Å²) >= 11 is 0. The molecule has 0 spiro atoms. The van der Waals surface area contributed by atoms with Crippen LogP contribution in [0.1, 0.15) is 5.56 Å². The summed E-state index contributed by atoms with van der Waals surface area (Å²) in [5, 5.41) is 0. The fraction of sp³-hybridized carbons (Fsp3) is 0.167. The van der Waals surface area contributed by atoms with Crippen LogP contribution in [0.3, 0.4) is 0 Å². The standard InChI is InChI=1S/C10H12O.C2H4/c1-3-6-9-7-4-5-8-10(9)11-2;1-2/h3-5,7-8H,1,6H2,2H3;1-2H2. The van der Waals surface area contributed by atoms with E-state index in [0.29, 0.717) is 0 Å². The van der Waals surface area contributed by atoms with Gasteiger partial charge in [-0.3, -0.25) is 0 Å². The second-order valence-corrected chi connectivity index (χ2v) is 2.30. The third kappa shape index (κ3) is 3.61. The van der Waals surface area contributed by atoms with E-state index in [4.69, 9.17) is 4.74 Å². The van der Waals surface area contributed by atoms with Crippen molar-refractivity contribution in [3.05, 3.63) is 55.6 Å². The SMILES string of the molecule is C=C.C=CCc1ccccc1OC. The van der Waals surface area contributed by atoms with Gasteiger partial charge in [-0.15, -0.1) is 19.7 Å². The summed E-state index contributed by atoms with van der Waals surface area (Å²) < 4.78 is 5.15. The number of ether oxygens (including phenoxy) is 1. The van der Waals surface area contributed by atoms with Gasteiger partial charge in [0.25, 0.3) is 0 Å². The lowest BCUT2D eigenvalue weighted by molar-refractivity contribution is 0.410. The van der Waals surface area contributed by atoms with E-state index >= 15 is 0 Å². The lowest BCUT2D eigenvalue weighted by Gasteiger charge is -2.04. The van der Waals surface area contributed by atoms with Crippen LogP contribution in [0.4, 0.5) is 0 Å². The van der Waals surface area contributed by atoms with Gasteiger partial charge in [0.2, 0.25) is 0 Å². The molecule has 1 rings (SSSR count). The maximum atomic E-state index is 5.15. The molecule has 0 aromatic heterocycles. The van der Waals surface area contributed by atoms with E-state index in [1.54, 1.807) is 7.11 Å². The van der Waals surface area contributed by atoms with Crippen molar-refractivity contribution in [1.82, 2.24) is 0 Å².